The summed E-state index contributed by atoms with van der Waals surface area (Å²) in [4.78, 5) is 24.3. The standard InChI is InChI=1S/C14H17ClN2O4/c15-6-9-21-13-4-7-16(8-5-13)14(18)11-2-1-3-12(10-11)17(19)20/h1-3,10,13H,4-9H2. The second-order valence-electron chi connectivity index (χ2n) is 4.86. The zero-order chi connectivity index (χ0) is 15.2. The second-order valence-corrected chi connectivity index (χ2v) is 5.24. The van der Waals surface area contributed by atoms with Crippen molar-refractivity contribution in [1.29, 1.82) is 0 Å². The Morgan fingerprint density at radius 2 is 2.14 bits per heavy atom. The number of likely N-dealkylation sites (tertiary alicyclic amines) is 1. The number of nitrogens with zero attached hydrogens (tertiary/aromatic N) is 2. The van der Waals surface area contributed by atoms with Crippen LogP contribution in [-0.4, -0.2) is 47.4 Å². The number of carbonyl (C=O) groups excluding carboxylic acids is 1. The largest absolute Gasteiger partial charge is 0.377 e. The minimum absolute atomic E-state index is 0.0684. The molecule has 1 saturated heterocycles. The molecule has 114 valence electrons. The molecular weight excluding hydrogens is 296 g/mol. The van der Waals surface area contributed by atoms with E-state index in [4.69, 9.17) is 16.3 Å². The molecule has 7 heteroatoms. The summed E-state index contributed by atoms with van der Waals surface area (Å²) in [5.74, 6) is 0.293. The number of non-ortho nitro benzene ring substituents is 1. The molecule has 2 rings (SSSR count). The maximum atomic E-state index is 12.3. The molecule has 1 heterocycles. The molecule has 0 saturated carbocycles. The van der Waals surface area contributed by atoms with Crippen LogP contribution in [0.3, 0.4) is 0 Å². The first-order valence-corrected chi connectivity index (χ1v) is 7.36. The van der Waals surface area contributed by atoms with Crippen molar-refractivity contribution in [1.82, 2.24) is 4.90 Å². The van der Waals surface area contributed by atoms with Crippen LogP contribution in [-0.2, 0) is 4.74 Å². The summed E-state index contributed by atoms with van der Waals surface area (Å²) in [7, 11) is 0. The number of benzene rings is 1. The van der Waals surface area contributed by atoms with Gasteiger partial charge in [-0.15, -0.1) is 11.6 Å². The molecule has 1 fully saturated rings. The number of ether oxygens (including phenoxy) is 1. The highest BCUT2D eigenvalue weighted by atomic mass is 35.5. The predicted octanol–water partition coefficient (Wildman–Crippen LogP) is 2.45. The summed E-state index contributed by atoms with van der Waals surface area (Å²) >= 11 is 5.58. The van der Waals surface area contributed by atoms with Gasteiger partial charge < -0.3 is 9.64 Å². The number of carbonyl (C=O) groups is 1. The molecule has 6 nitrogen and oxygen atoms in total. The van der Waals surface area contributed by atoms with Gasteiger partial charge in [0.25, 0.3) is 11.6 Å². The van der Waals surface area contributed by atoms with Crippen molar-refractivity contribution in [3.8, 4) is 0 Å². The van der Waals surface area contributed by atoms with E-state index in [0.717, 1.165) is 12.8 Å². The summed E-state index contributed by atoms with van der Waals surface area (Å²) in [5, 5.41) is 10.7. The van der Waals surface area contributed by atoms with Gasteiger partial charge in [0.05, 0.1) is 17.6 Å². The van der Waals surface area contributed by atoms with Gasteiger partial charge in [-0.3, -0.25) is 14.9 Å². The lowest BCUT2D eigenvalue weighted by Gasteiger charge is -2.31. The minimum Gasteiger partial charge on any atom is -0.377 e. The van der Waals surface area contributed by atoms with E-state index >= 15 is 0 Å². The van der Waals surface area contributed by atoms with E-state index in [-0.39, 0.29) is 17.7 Å². The number of alkyl halides is 1. The van der Waals surface area contributed by atoms with Gasteiger partial charge in [0.15, 0.2) is 0 Å². The smallest absolute Gasteiger partial charge is 0.270 e. The molecule has 0 atom stereocenters. The molecule has 1 amide bonds. The molecule has 21 heavy (non-hydrogen) atoms. The first kappa shape index (κ1) is 15.7. The van der Waals surface area contributed by atoms with Crippen molar-refractivity contribution < 1.29 is 14.5 Å². The van der Waals surface area contributed by atoms with Crippen LogP contribution in [0.4, 0.5) is 5.69 Å². The summed E-state index contributed by atoms with van der Waals surface area (Å²) in [5.41, 5.74) is 0.283. The van der Waals surface area contributed by atoms with E-state index in [9.17, 15) is 14.9 Å². The number of hydrogen-bond acceptors (Lipinski definition) is 4. The Bertz CT molecular complexity index is 515. The molecule has 0 spiro atoms. The summed E-state index contributed by atoms with van der Waals surface area (Å²) < 4.78 is 5.56. The zero-order valence-corrected chi connectivity index (χ0v) is 12.3. The van der Waals surface area contributed by atoms with Gasteiger partial charge in [0, 0.05) is 36.7 Å². The lowest BCUT2D eigenvalue weighted by Crippen LogP contribution is -2.41. The third kappa shape index (κ3) is 4.15. The molecule has 1 aromatic carbocycles. The number of piperidine rings is 1. The Morgan fingerprint density at radius 3 is 2.76 bits per heavy atom. The van der Waals surface area contributed by atoms with Gasteiger partial charge in [0.1, 0.15) is 0 Å². The van der Waals surface area contributed by atoms with Gasteiger partial charge in [-0.2, -0.15) is 0 Å². The molecular formula is C14H17ClN2O4. The van der Waals surface area contributed by atoms with Gasteiger partial charge in [-0.25, -0.2) is 0 Å². The predicted molar refractivity (Wildman–Crippen MR) is 78.7 cm³/mol. The maximum absolute atomic E-state index is 12.3. The fourth-order valence-corrected chi connectivity index (χ4v) is 2.46. The molecule has 0 aromatic heterocycles. The lowest BCUT2D eigenvalue weighted by atomic mass is 10.1. The van der Waals surface area contributed by atoms with Crippen LogP contribution in [0, 0.1) is 10.1 Å². The Morgan fingerprint density at radius 1 is 1.43 bits per heavy atom. The fraction of sp³-hybridized carbons (Fsp3) is 0.500. The summed E-state index contributed by atoms with van der Waals surface area (Å²) in [6, 6.07) is 5.83. The van der Waals surface area contributed by atoms with Crippen LogP contribution in [0.5, 0.6) is 0 Å². The van der Waals surface area contributed by atoms with Crippen molar-refractivity contribution in [2.45, 2.75) is 18.9 Å². The van der Waals surface area contributed by atoms with E-state index in [1.807, 2.05) is 0 Å². The molecule has 0 N–H and O–H groups in total. The van der Waals surface area contributed by atoms with E-state index < -0.39 is 4.92 Å². The van der Waals surface area contributed by atoms with Gasteiger partial charge in [-0.1, -0.05) is 6.07 Å². The van der Waals surface area contributed by atoms with Crippen LogP contribution in [0.2, 0.25) is 0 Å². The molecule has 1 aliphatic heterocycles. The van der Waals surface area contributed by atoms with Crippen LogP contribution >= 0.6 is 11.6 Å². The number of halogens is 1. The van der Waals surface area contributed by atoms with Gasteiger partial charge in [-0.05, 0) is 18.9 Å². The van der Waals surface area contributed by atoms with E-state index in [1.165, 1.54) is 18.2 Å². The quantitative estimate of drug-likeness (QED) is 0.475. The van der Waals surface area contributed by atoms with Gasteiger partial charge in [0.2, 0.25) is 0 Å². The first-order chi connectivity index (χ1) is 10.1. The topological polar surface area (TPSA) is 72.7 Å². The molecule has 1 aliphatic rings. The normalized spacial score (nSPS) is 16.0. The average molecular weight is 313 g/mol. The van der Waals surface area contributed by atoms with Crippen LogP contribution < -0.4 is 0 Å². The van der Waals surface area contributed by atoms with E-state index in [1.54, 1.807) is 11.0 Å². The lowest BCUT2D eigenvalue weighted by molar-refractivity contribution is -0.384. The van der Waals surface area contributed by atoms with Crippen molar-refractivity contribution in [3.05, 3.63) is 39.9 Å². The molecule has 0 unspecified atom stereocenters. The number of nitro groups is 1. The Balaban J connectivity index is 1.95. The highest BCUT2D eigenvalue weighted by molar-refractivity contribution is 6.17. The van der Waals surface area contributed by atoms with Crippen molar-refractivity contribution in [3.63, 3.8) is 0 Å². The molecule has 0 bridgehead atoms. The Kier molecular flexibility index (Phi) is 5.52. The molecule has 0 radical (unpaired) electrons. The second kappa shape index (κ2) is 7.38. The van der Waals surface area contributed by atoms with Crippen molar-refractivity contribution in [2.24, 2.45) is 0 Å². The van der Waals surface area contributed by atoms with Crippen LogP contribution in [0.15, 0.2) is 24.3 Å². The Labute approximate surface area is 127 Å². The van der Waals surface area contributed by atoms with E-state index in [0.29, 0.717) is 31.1 Å². The molecule has 1 aromatic rings. The van der Waals surface area contributed by atoms with Gasteiger partial charge >= 0.3 is 0 Å². The van der Waals surface area contributed by atoms with Crippen LogP contribution in [0.1, 0.15) is 23.2 Å². The average Bonchev–Trinajstić information content (AvgIpc) is 2.53. The number of nitro benzene ring substituents is 1. The monoisotopic (exact) mass is 312 g/mol. The molecule has 0 aliphatic carbocycles. The van der Waals surface area contributed by atoms with E-state index in [2.05, 4.69) is 0 Å². The fourth-order valence-electron chi connectivity index (χ4n) is 2.37. The summed E-state index contributed by atoms with van der Waals surface area (Å²) in [6.07, 6.45) is 1.66. The van der Waals surface area contributed by atoms with Crippen molar-refractivity contribution in [2.75, 3.05) is 25.6 Å². The van der Waals surface area contributed by atoms with Crippen LogP contribution in [0.25, 0.3) is 0 Å². The first-order valence-electron chi connectivity index (χ1n) is 6.83. The zero-order valence-electron chi connectivity index (χ0n) is 11.5. The highest BCUT2D eigenvalue weighted by Gasteiger charge is 2.24. The highest BCUT2D eigenvalue weighted by Crippen LogP contribution is 2.19. The maximum Gasteiger partial charge on any atom is 0.270 e. The number of rotatable bonds is 5. The minimum atomic E-state index is -0.497. The number of hydrogen-bond donors (Lipinski definition) is 0. The Hall–Kier alpha value is -1.66. The number of amides is 1. The SMILES string of the molecule is O=C(c1cccc([N+](=O)[O-])c1)N1CCC(OCCCl)CC1. The van der Waals surface area contributed by atoms with Crippen molar-refractivity contribution >= 4 is 23.2 Å². The third-order valence-electron chi connectivity index (χ3n) is 3.46. The third-order valence-corrected chi connectivity index (χ3v) is 3.62. The summed E-state index contributed by atoms with van der Waals surface area (Å²) in [6.45, 7) is 1.70.